The summed E-state index contributed by atoms with van der Waals surface area (Å²) in [7, 11) is 0. The summed E-state index contributed by atoms with van der Waals surface area (Å²) in [4.78, 5) is 9.78. The standard InChI is InChI=1S/C13H15ClF3N5O.2ClH/c14-9-7-8(3-4-10(9)23-13(15,16)17)20-11(18)21-12(19)22-5-1-2-6-22;;/h3-4,7H,1-2,5-6H2,(H4,18,19,20,21);2*1H. The van der Waals surface area contributed by atoms with Crippen molar-refractivity contribution in [1.29, 1.82) is 0 Å². The molecule has 25 heavy (non-hydrogen) atoms. The van der Waals surface area contributed by atoms with Gasteiger partial charge < -0.3 is 21.1 Å². The summed E-state index contributed by atoms with van der Waals surface area (Å²) in [5.41, 5.74) is 11.7. The molecule has 1 aromatic rings. The Morgan fingerprint density at radius 1 is 1.16 bits per heavy atom. The predicted octanol–water partition coefficient (Wildman–Crippen LogP) is 3.44. The van der Waals surface area contributed by atoms with E-state index in [2.05, 4.69) is 14.7 Å². The third kappa shape index (κ3) is 7.45. The molecule has 4 N–H and O–H groups in total. The van der Waals surface area contributed by atoms with E-state index in [1.807, 2.05) is 4.90 Å². The van der Waals surface area contributed by atoms with Crippen molar-refractivity contribution in [2.24, 2.45) is 21.5 Å². The average molecular weight is 423 g/mol. The molecular weight excluding hydrogens is 406 g/mol. The van der Waals surface area contributed by atoms with Crippen molar-refractivity contribution in [3.05, 3.63) is 23.2 Å². The number of nitrogens with zero attached hydrogens (tertiary/aromatic N) is 3. The van der Waals surface area contributed by atoms with E-state index in [4.69, 9.17) is 23.1 Å². The molecule has 0 radical (unpaired) electrons. The Bertz CT molecular complexity index is 634. The Morgan fingerprint density at radius 3 is 2.28 bits per heavy atom. The highest BCUT2D eigenvalue weighted by Crippen LogP contribution is 2.32. The Hall–Kier alpha value is -1.58. The maximum Gasteiger partial charge on any atom is 0.573 e. The van der Waals surface area contributed by atoms with Crippen LogP contribution in [0.3, 0.4) is 0 Å². The fraction of sp³-hybridized carbons (Fsp3) is 0.385. The molecule has 1 aliphatic heterocycles. The summed E-state index contributed by atoms with van der Waals surface area (Å²) in [5, 5.41) is -0.243. The molecule has 142 valence electrons. The first-order valence-electron chi connectivity index (χ1n) is 6.73. The zero-order valence-electron chi connectivity index (χ0n) is 12.8. The Labute approximate surface area is 159 Å². The molecule has 0 saturated carbocycles. The molecule has 0 aliphatic carbocycles. The van der Waals surface area contributed by atoms with Crippen LogP contribution in [0, 0.1) is 0 Å². The third-order valence-electron chi connectivity index (χ3n) is 3.04. The van der Waals surface area contributed by atoms with Crippen molar-refractivity contribution in [3.8, 4) is 5.75 Å². The van der Waals surface area contributed by atoms with Crippen LogP contribution in [0.15, 0.2) is 28.2 Å². The molecule has 2 rings (SSSR count). The summed E-state index contributed by atoms with van der Waals surface area (Å²) in [6.45, 7) is 1.61. The minimum absolute atomic E-state index is 0. The number of aliphatic imine (C=N–C) groups is 2. The molecule has 0 aromatic heterocycles. The van der Waals surface area contributed by atoms with Crippen molar-refractivity contribution < 1.29 is 17.9 Å². The maximum absolute atomic E-state index is 12.2. The van der Waals surface area contributed by atoms with Gasteiger partial charge in [-0.15, -0.1) is 38.0 Å². The van der Waals surface area contributed by atoms with Gasteiger partial charge in [-0.2, -0.15) is 4.99 Å². The minimum atomic E-state index is -4.82. The van der Waals surface area contributed by atoms with Crippen molar-refractivity contribution in [1.82, 2.24) is 4.90 Å². The van der Waals surface area contributed by atoms with E-state index in [1.165, 1.54) is 12.1 Å². The molecule has 1 saturated heterocycles. The van der Waals surface area contributed by atoms with E-state index in [9.17, 15) is 13.2 Å². The van der Waals surface area contributed by atoms with Crippen molar-refractivity contribution in [3.63, 3.8) is 0 Å². The van der Waals surface area contributed by atoms with E-state index in [0.29, 0.717) is 0 Å². The van der Waals surface area contributed by atoms with Gasteiger partial charge >= 0.3 is 6.36 Å². The Kier molecular flexibility index (Phi) is 9.17. The lowest BCUT2D eigenvalue weighted by Crippen LogP contribution is -2.36. The molecule has 0 spiro atoms. The number of hydrogen-bond donors (Lipinski definition) is 2. The first kappa shape index (κ1) is 23.4. The van der Waals surface area contributed by atoms with Crippen molar-refractivity contribution >= 4 is 54.0 Å². The number of nitrogens with two attached hydrogens (primary N) is 2. The Morgan fingerprint density at radius 2 is 1.76 bits per heavy atom. The molecule has 1 aromatic carbocycles. The maximum atomic E-state index is 12.2. The van der Waals surface area contributed by atoms with Gasteiger partial charge in [0.05, 0.1) is 10.7 Å². The zero-order chi connectivity index (χ0) is 17.0. The minimum Gasteiger partial charge on any atom is -0.404 e. The highest BCUT2D eigenvalue weighted by atomic mass is 35.5. The fourth-order valence-electron chi connectivity index (χ4n) is 2.06. The van der Waals surface area contributed by atoms with Crippen molar-refractivity contribution in [2.45, 2.75) is 19.2 Å². The molecule has 12 heteroatoms. The molecule has 1 aliphatic rings. The van der Waals surface area contributed by atoms with Gasteiger partial charge in [-0.1, -0.05) is 11.6 Å². The second-order valence-electron chi connectivity index (χ2n) is 4.80. The number of hydrogen-bond acceptors (Lipinski definition) is 2. The van der Waals surface area contributed by atoms with Gasteiger partial charge in [0.1, 0.15) is 5.75 Å². The first-order chi connectivity index (χ1) is 10.7. The Balaban J connectivity index is 0.00000288. The molecular formula is C13H17Cl3F3N5O. The summed E-state index contributed by atoms with van der Waals surface area (Å²) in [5.74, 6) is -0.376. The van der Waals surface area contributed by atoms with Gasteiger partial charge in [0.15, 0.2) is 5.96 Å². The van der Waals surface area contributed by atoms with Gasteiger partial charge in [0.2, 0.25) is 5.96 Å². The largest absolute Gasteiger partial charge is 0.573 e. The topological polar surface area (TPSA) is 89.2 Å². The molecule has 6 nitrogen and oxygen atoms in total. The van der Waals surface area contributed by atoms with E-state index in [-0.39, 0.29) is 47.4 Å². The summed E-state index contributed by atoms with van der Waals surface area (Å²) >= 11 is 5.72. The lowest BCUT2D eigenvalue weighted by atomic mass is 10.3. The molecule has 0 atom stereocenters. The monoisotopic (exact) mass is 421 g/mol. The lowest BCUT2D eigenvalue weighted by molar-refractivity contribution is -0.274. The number of guanidine groups is 2. The van der Waals surface area contributed by atoms with E-state index < -0.39 is 12.1 Å². The SMILES string of the molecule is Cl.Cl.NC(=Nc1ccc(OC(F)(F)F)c(Cl)c1)/N=C(/N)N1CCCC1. The first-order valence-corrected chi connectivity index (χ1v) is 7.11. The highest BCUT2D eigenvalue weighted by molar-refractivity contribution is 6.32. The molecule has 1 heterocycles. The predicted molar refractivity (Wildman–Crippen MR) is 96.3 cm³/mol. The number of ether oxygens (including phenoxy) is 1. The van der Waals surface area contributed by atoms with Gasteiger partial charge in [-0.25, -0.2) is 4.99 Å². The van der Waals surface area contributed by atoms with Gasteiger partial charge in [0, 0.05) is 13.1 Å². The number of benzene rings is 1. The molecule has 0 amide bonds. The van der Waals surface area contributed by atoms with Gasteiger partial charge in [-0.05, 0) is 31.0 Å². The third-order valence-corrected chi connectivity index (χ3v) is 3.34. The number of alkyl halides is 3. The van der Waals surface area contributed by atoms with Crippen LogP contribution >= 0.6 is 36.4 Å². The summed E-state index contributed by atoms with van der Waals surface area (Å²) in [6, 6.07) is 3.52. The fourth-order valence-corrected chi connectivity index (χ4v) is 2.27. The second kappa shape index (κ2) is 9.79. The summed E-state index contributed by atoms with van der Waals surface area (Å²) in [6.07, 6.45) is -2.75. The van der Waals surface area contributed by atoms with Crippen LogP contribution in [0.2, 0.25) is 5.02 Å². The van der Waals surface area contributed by atoms with Crippen LogP contribution in [0.5, 0.6) is 5.75 Å². The number of rotatable bonds is 2. The quantitative estimate of drug-likeness (QED) is 0.564. The van der Waals surface area contributed by atoms with E-state index in [0.717, 1.165) is 32.0 Å². The van der Waals surface area contributed by atoms with Crippen LogP contribution in [0.25, 0.3) is 0 Å². The summed E-state index contributed by atoms with van der Waals surface area (Å²) < 4.78 is 40.2. The normalized spacial score (nSPS) is 15.4. The number of halogens is 6. The smallest absolute Gasteiger partial charge is 0.404 e. The molecule has 0 bridgehead atoms. The van der Waals surface area contributed by atoms with Crippen LogP contribution in [-0.4, -0.2) is 36.3 Å². The highest BCUT2D eigenvalue weighted by Gasteiger charge is 2.32. The van der Waals surface area contributed by atoms with E-state index in [1.54, 1.807) is 0 Å². The van der Waals surface area contributed by atoms with Crippen LogP contribution in [0.4, 0.5) is 18.9 Å². The number of likely N-dealkylation sites (tertiary alicyclic amines) is 1. The van der Waals surface area contributed by atoms with Crippen LogP contribution in [0.1, 0.15) is 12.8 Å². The molecule has 0 unspecified atom stereocenters. The van der Waals surface area contributed by atoms with Gasteiger partial charge in [-0.3, -0.25) is 0 Å². The average Bonchev–Trinajstić information content (AvgIpc) is 2.94. The lowest BCUT2D eigenvalue weighted by Gasteiger charge is -2.15. The van der Waals surface area contributed by atoms with Gasteiger partial charge in [0.25, 0.3) is 0 Å². The van der Waals surface area contributed by atoms with Crippen LogP contribution in [-0.2, 0) is 0 Å². The molecule has 1 fully saturated rings. The second-order valence-corrected chi connectivity index (χ2v) is 5.20. The van der Waals surface area contributed by atoms with Crippen LogP contribution < -0.4 is 16.2 Å². The zero-order valence-corrected chi connectivity index (χ0v) is 15.2. The van der Waals surface area contributed by atoms with Crippen molar-refractivity contribution in [2.75, 3.05) is 13.1 Å². The van der Waals surface area contributed by atoms with E-state index >= 15 is 0 Å².